The van der Waals surface area contributed by atoms with Crippen molar-refractivity contribution >= 4 is 11.9 Å². The molecular formula is C53H71NO7. The number of benzene rings is 3. The van der Waals surface area contributed by atoms with Gasteiger partial charge in [0.05, 0.1) is 38.4 Å². The van der Waals surface area contributed by atoms with Crippen LogP contribution in [0.2, 0.25) is 0 Å². The number of rotatable bonds is 29. The Morgan fingerprint density at radius 3 is 1.85 bits per heavy atom. The van der Waals surface area contributed by atoms with E-state index in [9.17, 15) is 9.59 Å². The van der Waals surface area contributed by atoms with Crippen molar-refractivity contribution in [2.24, 2.45) is 5.41 Å². The van der Waals surface area contributed by atoms with Crippen molar-refractivity contribution < 1.29 is 33.3 Å². The Kier molecular flexibility index (Phi) is 21.6. The number of aromatic nitrogens is 1. The number of aryl methyl sites for hydroxylation is 2. The third-order valence-electron chi connectivity index (χ3n) is 10.8. The fraction of sp³-hybridized carbons (Fsp3) is 0.491. The number of hydrogen-bond donors (Lipinski definition) is 0. The lowest BCUT2D eigenvalue weighted by Crippen LogP contribution is -2.24. The smallest absolute Gasteiger partial charge is 0.333 e. The normalized spacial score (nSPS) is 11.8. The van der Waals surface area contributed by atoms with Crippen LogP contribution in [0.15, 0.2) is 103 Å². The second-order valence-electron chi connectivity index (χ2n) is 17.0. The lowest BCUT2D eigenvalue weighted by Gasteiger charge is -2.21. The number of carbonyl (C=O) groups excluding carboxylic acids is 2. The maximum Gasteiger partial charge on any atom is 0.333 e. The predicted molar refractivity (Wildman–Crippen MR) is 246 cm³/mol. The standard InChI is InChI=1S/C53H71NO7/c1-7-44-40-49(25-26-50(44)47-23-21-45(22-24-47)46(30-38-60-51(55)41(2)3)31-39-61-52(56)53(4,5)6)59-36-14-9-8-12-16-42-17-19-43(20-18-42)29-37-57-34-13-10-11-15-35-58-48-27-32-54-33-28-48/h17-28,32-33,40,46H,2,7-16,29-31,34-39H2,1,3-6H3. The second-order valence-corrected chi connectivity index (χ2v) is 17.0. The summed E-state index contributed by atoms with van der Waals surface area (Å²) in [7, 11) is 0. The Morgan fingerprint density at radius 2 is 1.23 bits per heavy atom. The Bertz CT molecular complexity index is 1870. The summed E-state index contributed by atoms with van der Waals surface area (Å²) in [6, 6.07) is 27.8. The van der Waals surface area contributed by atoms with E-state index in [0.29, 0.717) is 31.6 Å². The lowest BCUT2D eigenvalue weighted by atomic mass is 9.90. The van der Waals surface area contributed by atoms with Crippen LogP contribution in [0.4, 0.5) is 0 Å². The average Bonchev–Trinajstić information content (AvgIpc) is 3.26. The van der Waals surface area contributed by atoms with Gasteiger partial charge in [-0.2, -0.15) is 0 Å². The molecule has 8 nitrogen and oxygen atoms in total. The molecule has 1 heterocycles. The molecule has 0 amide bonds. The van der Waals surface area contributed by atoms with E-state index < -0.39 is 11.4 Å². The molecule has 0 saturated heterocycles. The summed E-state index contributed by atoms with van der Waals surface area (Å²) in [5.41, 5.74) is 7.25. The summed E-state index contributed by atoms with van der Waals surface area (Å²) in [6.07, 6.45) is 16.7. The highest BCUT2D eigenvalue weighted by Gasteiger charge is 2.24. The van der Waals surface area contributed by atoms with Gasteiger partial charge in [0.25, 0.3) is 0 Å². The van der Waals surface area contributed by atoms with Crippen molar-refractivity contribution in [3.63, 3.8) is 0 Å². The van der Waals surface area contributed by atoms with Gasteiger partial charge in [-0.15, -0.1) is 0 Å². The molecule has 61 heavy (non-hydrogen) atoms. The van der Waals surface area contributed by atoms with Crippen LogP contribution in [0, 0.1) is 5.41 Å². The number of ether oxygens (including phenoxy) is 5. The Balaban J connectivity index is 1.10. The van der Waals surface area contributed by atoms with E-state index in [1.165, 1.54) is 41.5 Å². The molecule has 3 aromatic carbocycles. The van der Waals surface area contributed by atoms with Crippen LogP contribution in [0.1, 0.15) is 127 Å². The molecule has 0 radical (unpaired) electrons. The predicted octanol–water partition coefficient (Wildman–Crippen LogP) is 12.3. The molecule has 0 N–H and O–H groups in total. The van der Waals surface area contributed by atoms with Crippen molar-refractivity contribution in [3.8, 4) is 22.6 Å². The van der Waals surface area contributed by atoms with Crippen molar-refractivity contribution in [3.05, 3.63) is 126 Å². The highest BCUT2D eigenvalue weighted by Crippen LogP contribution is 2.31. The Hall–Kier alpha value is -4.95. The van der Waals surface area contributed by atoms with Gasteiger partial charge in [-0.3, -0.25) is 9.78 Å². The van der Waals surface area contributed by atoms with Gasteiger partial charge in [0.2, 0.25) is 0 Å². The Morgan fingerprint density at radius 1 is 0.639 bits per heavy atom. The summed E-state index contributed by atoms with van der Waals surface area (Å²) in [6.45, 7) is 16.7. The highest BCUT2D eigenvalue weighted by atomic mass is 16.5. The maximum absolute atomic E-state index is 12.4. The molecule has 4 aromatic rings. The first-order valence-electron chi connectivity index (χ1n) is 22.6. The molecule has 0 spiro atoms. The summed E-state index contributed by atoms with van der Waals surface area (Å²) >= 11 is 0. The van der Waals surface area contributed by atoms with E-state index in [4.69, 9.17) is 23.7 Å². The van der Waals surface area contributed by atoms with Gasteiger partial charge in [-0.05, 0) is 155 Å². The molecule has 0 aliphatic carbocycles. The fourth-order valence-corrected chi connectivity index (χ4v) is 7.00. The van der Waals surface area contributed by atoms with Gasteiger partial charge < -0.3 is 23.7 Å². The summed E-state index contributed by atoms with van der Waals surface area (Å²) in [4.78, 5) is 28.4. The van der Waals surface area contributed by atoms with Crippen LogP contribution in [0.25, 0.3) is 11.1 Å². The van der Waals surface area contributed by atoms with Gasteiger partial charge in [0, 0.05) is 24.6 Å². The van der Waals surface area contributed by atoms with Crippen molar-refractivity contribution in [1.82, 2.24) is 4.98 Å². The number of pyridine rings is 1. The SMILES string of the molecule is C=C(C)C(=O)OCCC(CCOC(=O)C(C)(C)C)c1ccc(-c2ccc(OCCCCCCc3ccc(CCOCCCCCCOc4ccncc4)cc3)cc2CC)cc1. The lowest BCUT2D eigenvalue weighted by molar-refractivity contribution is -0.153. The molecule has 0 aliphatic heterocycles. The zero-order valence-electron chi connectivity index (χ0n) is 37.7. The van der Waals surface area contributed by atoms with Crippen molar-refractivity contribution in [2.45, 2.75) is 124 Å². The minimum absolute atomic E-state index is 0.0615. The fourth-order valence-electron chi connectivity index (χ4n) is 7.00. The summed E-state index contributed by atoms with van der Waals surface area (Å²) in [5.74, 6) is 1.25. The number of carbonyl (C=O) groups is 2. The average molecular weight is 834 g/mol. The van der Waals surface area contributed by atoms with Crippen LogP contribution in [-0.4, -0.2) is 56.6 Å². The van der Waals surface area contributed by atoms with E-state index in [0.717, 1.165) is 93.8 Å². The topological polar surface area (TPSA) is 93.2 Å². The van der Waals surface area contributed by atoms with Crippen molar-refractivity contribution in [1.29, 1.82) is 0 Å². The van der Waals surface area contributed by atoms with Crippen LogP contribution in [0.3, 0.4) is 0 Å². The van der Waals surface area contributed by atoms with E-state index in [1.54, 1.807) is 19.3 Å². The highest BCUT2D eigenvalue weighted by molar-refractivity contribution is 5.86. The minimum Gasteiger partial charge on any atom is -0.494 e. The monoisotopic (exact) mass is 834 g/mol. The minimum atomic E-state index is -0.557. The summed E-state index contributed by atoms with van der Waals surface area (Å²) < 4.78 is 28.8. The van der Waals surface area contributed by atoms with Crippen LogP contribution in [0.5, 0.6) is 11.5 Å². The number of esters is 2. The number of nitrogens with zero attached hydrogens (tertiary/aromatic N) is 1. The first-order chi connectivity index (χ1) is 29.5. The maximum atomic E-state index is 12.4. The molecule has 330 valence electrons. The quantitative estimate of drug-likeness (QED) is 0.0303. The molecule has 0 aliphatic rings. The van der Waals surface area contributed by atoms with E-state index in [1.807, 2.05) is 32.9 Å². The number of hydrogen-bond acceptors (Lipinski definition) is 8. The van der Waals surface area contributed by atoms with Crippen molar-refractivity contribution in [2.75, 3.05) is 39.6 Å². The molecule has 1 aromatic heterocycles. The zero-order chi connectivity index (χ0) is 43.7. The van der Waals surface area contributed by atoms with Crippen LogP contribution < -0.4 is 9.47 Å². The van der Waals surface area contributed by atoms with Gasteiger partial charge in [0.15, 0.2) is 0 Å². The molecule has 0 bridgehead atoms. The Labute approximate surface area is 366 Å². The first kappa shape index (κ1) is 48.7. The van der Waals surface area contributed by atoms with Gasteiger partial charge in [-0.1, -0.05) is 87.4 Å². The number of unbranched alkanes of at least 4 members (excludes halogenated alkanes) is 6. The van der Waals surface area contributed by atoms with Gasteiger partial charge in [-0.25, -0.2) is 4.79 Å². The molecule has 0 fully saturated rings. The third kappa shape index (κ3) is 18.7. The molecule has 1 atom stereocenters. The molecule has 1 unspecified atom stereocenters. The van der Waals surface area contributed by atoms with Gasteiger partial charge in [0.1, 0.15) is 11.5 Å². The van der Waals surface area contributed by atoms with E-state index in [-0.39, 0.29) is 18.5 Å². The molecular weight excluding hydrogens is 763 g/mol. The molecule has 4 rings (SSSR count). The van der Waals surface area contributed by atoms with Crippen LogP contribution in [-0.2, 0) is 43.1 Å². The largest absolute Gasteiger partial charge is 0.494 e. The van der Waals surface area contributed by atoms with Gasteiger partial charge >= 0.3 is 11.9 Å². The zero-order valence-corrected chi connectivity index (χ0v) is 37.7. The summed E-state index contributed by atoms with van der Waals surface area (Å²) in [5, 5.41) is 0. The second kappa shape index (κ2) is 27.1. The molecule has 0 saturated carbocycles. The van der Waals surface area contributed by atoms with E-state index >= 15 is 0 Å². The first-order valence-corrected chi connectivity index (χ1v) is 22.6. The van der Waals surface area contributed by atoms with E-state index in [2.05, 4.69) is 85.2 Å². The van der Waals surface area contributed by atoms with Crippen LogP contribution >= 0.6 is 0 Å². The third-order valence-corrected chi connectivity index (χ3v) is 10.8. The molecule has 8 heteroatoms.